The van der Waals surface area contributed by atoms with Gasteiger partial charge in [-0.3, -0.25) is 9.20 Å². The zero-order valence-corrected chi connectivity index (χ0v) is 21.7. The molecule has 0 spiro atoms. The summed E-state index contributed by atoms with van der Waals surface area (Å²) in [4.78, 5) is 22.1. The van der Waals surface area contributed by atoms with Crippen LogP contribution in [-0.4, -0.2) is 44.6 Å². The Labute approximate surface area is 218 Å². The summed E-state index contributed by atoms with van der Waals surface area (Å²) in [6.07, 6.45) is 6.77. The molecule has 5 rings (SSSR count). The largest absolute Gasteiger partial charge is 0.396 e. The fraction of sp³-hybridized carbons (Fsp3) is 0.367. The first-order valence-electron chi connectivity index (χ1n) is 13.2. The lowest BCUT2D eigenvalue weighted by Crippen LogP contribution is -2.25. The maximum absolute atomic E-state index is 12.4. The number of carbonyl (C=O) groups is 1. The number of hydrogen-bond donors (Lipinski definition) is 3. The van der Waals surface area contributed by atoms with E-state index in [9.17, 15) is 9.90 Å². The summed E-state index contributed by atoms with van der Waals surface area (Å²) in [6, 6.07) is 16.4. The highest BCUT2D eigenvalue weighted by atomic mass is 16.3. The Kier molecular flexibility index (Phi) is 7.24. The monoisotopic (exact) mass is 497 g/mol. The van der Waals surface area contributed by atoms with Crippen LogP contribution in [0, 0.1) is 5.92 Å². The van der Waals surface area contributed by atoms with Crippen LogP contribution in [0.3, 0.4) is 0 Å². The summed E-state index contributed by atoms with van der Waals surface area (Å²) in [6.45, 7) is 7.43. The van der Waals surface area contributed by atoms with Gasteiger partial charge in [0, 0.05) is 42.1 Å². The lowest BCUT2D eigenvalue weighted by atomic mass is 9.97. The lowest BCUT2D eigenvalue weighted by molar-refractivity contribution is 0.0951. The molecule has 3 N–H and O–H groups in total. The number of benzene rings is 2. The minimum absolute atomic E-state index is 0.0180. The van der Waals surface area contributed by atoms with Crippen molar-refractivity contribution in [1.29, 1.82) is 0 Å². The summed E-state index contributed by atoms with van der Waals surface area (Å²) >= 11 is 0. The van der Waals surface area contributed by atoms with Crippen LogP contribution in [0.15, 0.2) is 60.9 Å². The van der Waals surface area contributed by atoms with Gasteiger partial charge in [0.25, 0.3) is 5.91 Å². The van der Waals surface area contributed by atoms with E-state index in [0.29, 0.717) is 23.4 Å². The van der Waals surface area contributed by atoms with E-state index < -0.39 is 0 Å². The summed E-state index contributed by atoms with van der Waals surface area (Å²) in [5.41, 5.74) is 6.42. The Morgan fingerprint density at radius 2 is 1.76 bits per heavy atom. The van der Waals surface area contributed by atoms with Crippen molar-refractivity contribution in [3.63, 3.8) is 0 Å². The molecule has 2 aromatic carbocycles. The van der Waals surface area contributed by atoms with Gasteiger partial charge in [-0.05, 0) is 48.8 Å². The second-order valence-corrected chi connectivity index (χ2v) is 10.4. The van der Waals surface area contributed by atoms with Gasteiger partial charge in [-0.15, -0.1) is 0 Å². The zero-order chi connectivity index (χ0) is 25.9. The van der Waals surface area contributed by atoms with Crippen LogP contribution in [0.1, 0.15) is 61.9 Å². The number of nitrogens with zero attached hydrogens (tertiary/aromatic N) is 3. The molecule has 2 aromatic heterocycles. The minimum Gasteiger partial charge on any atom is -0.396 e. The summed E-state index contributed by atoms with van der Waals surface area (Å²) in [7, 11) is 0. The van der Waals surface area contributed by atoms with Crippen molar-refractivity contribution < 1.29 is 9.90 Å². The molecule has 0 radical (unpaired) electrons. The van der Waals surface area contributed by atoms with Gasteiger partial charge in [0.05, 0.1) is 17.6 Å². The highest BCUT2D eigenvalue weighted by Crippen LogP contribution is 2.29. The fourth-order valence-electron chi connectivity index (χ4n) is 4.39. The third kappa shape index (κ3) is 5.67. The van der Waals surface area contributed by atoms with E-state index in [1.807, 2.05) is 36.7 Å². The number of aromatic nitrogens is 3. The second-order valence-electron chi connectivity index (χ2n) is 10.4. The SMILES string of the molecule is CC(C)CNc1nc(-c2ccc(C(C)CCO)cc2)cn2c(-c3ccc(C(=O)NC4CC4)cc3)cnc12. The van der Waals surface area contributed by atoms with Crippen LogP contribution in [0.2, 0.25) is 0 Å². The fourth-order valence-corrected chi connectivity index (χ4v) is 4.39. The third-order valence-corrected chi connectivity index (χ3v) is 6.86. The molecule has 1 atom stereocenters. The highest BCUT2D eigenvalue weighted by Gasteiger charge is 2.24. The van der Waals surface area contributed by atoms with Gasteiger partial charge >= 0.3 is 0 Å². The maximum Gasteiger partial charge on any atom is 0.251 e. The van der Waals surface area contributed by atoms with Crippen molar-refractivity contribution in [3.8, 4) is 22.5 Å². The molecule has 7 nitrogen and oxygen atoms in total. The number of aliphatic hydroxyl groups is 1. The molecule has 0 aliphatic heterocycles. The van der Waals surface area contributed by atoms with Crippen molar-refractivity contribution in [2.45, 2.75) is 52.0 Å². The van der Waals surface area contributed by atoms with Gasteiger partial charge in [0.15, 0.2) is 11.5 Å². The first-order valence-corrected chi connectivity index (χ1v) is 13.2. The van der Waals surface area contributed by atoms with E-state index >= 15 is 0 Å². The number of anilines is 1. The molecule has 1 aliphatic rings. The molecule has 37 heavy (non-hydrogen) atoms. The molecule has 1 amide bonds. The van der Waals surface area contributed by atoms with E-state index in [1.54, 1.807) is 0 Å². The van der Waals surface area contributed by atoms with Crippen LogP contribution < -0.4 is 10.6 Å². The Bertz CT molecular complexity index is 1370. The predicted octanol–water partition coefficient (Wildman–Crippen LogP) is 5.51. The first-order chi connectivity index (χ1) is 17.9. The van der Waals surface area contributed by atoms with Gasteiger partial charge in [-0.2, -0.15) is 0 Å². The van der Waals surface area contributed by atoms with E-state index in [4.69, 9.17) is 9.97 Å². The standard InChI is InChI=1S/C30H35N5O2/c1-19(2)16-31-28-29-32-17-27(23-8-10-24(11-9-23)30(37)33-25-12-13-25)35(29)18-26(34-28)22-6-4-21(5-7-22)20(3)14-15-36/h4-11,17-20,25,36H,12-16H2,1-3H3,(H,31,34)(H,33,37). The molecule has 1 fully saturated rings. The molecule has 1 saturated carbocycles. The molecular formula is C30H35N5O2. The zero-order valence-electron chi connectivity index (χ0n) is 21.7. The quantitative estimate of drug-likeness (QED) is 0.269. The van der Waals surface area contributed by atoms with Crippen molar-refractivity contribution in [2.75, 3.05) is 18.5 Å². The second kappa shape index (κ2) is 10.7. The molecule has 0 bridgehead atoms. The van der Waals surface area contributed by atoms with Crippen molar-refractivity contribution in [1.82, 2.24) is 19.7 Å². The number of nitrogens with one attached hydrogen (secondary N) is 2. The molecule has 192 valence electrons. The number of rotatable bonds is 10. The topological polar surface area (TPSA) is 91.5 Å². The number of aliphatic hydroxyl groups excluding tert-OH is 1. The van der Waals surface area contributed by atoms with Gasteiger partial charge in [-0.1, -0.05) is 57.2 Å². The Hall–Kier alpha value is -3.71. The average Bonchev–Trinajstić information content (AvgIpc) is 3.62. The van der Waals surface area contributed by atoms with Gasteiger partial charge < -0.3 is 15.7 Å². The molecule has 0 saturated heterocycles. The molecule has 4 aromatic rings. The van der Waals surface area contributed by atoms with Gasteiger partial charge in [-0.25, -0.2) is 9.97 Å². The van der Waals surface area contributed by atoms with Crippen LogP contribution in [0.25, 0.3) is 28.2 Å². The predicted molar refractivity (Wildman–Crippen MR) is 148 cm³/mol. The number of imidazole rings is 1. The van der Waals surface area contributed by atoms with Crippen LogP contribution >= 0.6 is 0 Å². The maximum atomic E-state index is 12.4. The number of amides is 1. The van der Waals surface area contributed by atoms with Crippen LogP contribution in [-0.2, 0) is 0 Å². The van der Waals surface area contributed by atoms with Crippen molar-refractivity contribution in [2.24, 2.45) is 5.92 Å². The van der Waals surface area contributed by atoms with E-state index in [1.165, 1.54) is 5.56 Å². The molecule has 2 heterocycles. The van der Waals surface area contributed by atoms with E-state index in [2.05, 4.69) is 60.1 Å². The Balaban J connectivity index is 1.51. The molecular weight excluding hydrogens is 462 g/mol. The highest BCUT2D eigenvalue weighted by molar-refractivity contribution is 5.95. The summed E-state index contributed by atoms with van der Waals surface area (Å²) in [5.74, 6) is 1.49. The van der Waals surface area contributed by atoms with Crippen LogP contribution in [0.5, 0.6) is 0 Å². The third-order valence-electron chi connectivity index (χ3n) is 6.86. The molecule has 1 aliphatic carbocycles. The Morgan fingerprint density at radius 3 is 2.41 bits per heavy atom. The van der Waals surface area contributed by atoms with Crippen molar-refractivity contribution in [3.05, 3.63) is 72.1 Å². The van der Waals surface area contributed by atoms with Crippen LogP contribution in [0.4, 0.5) is 5.82 Å². The van der Waals surface area contributed by atoms with Crippen molar-refractivity contribution >= 4 is 17.4 Å². The Morgan fingerprint density at radius 1 is 1.05 bits per heavy atom. The lowest BCUT2D eigenvalue weighted by Gasteiger charge is -2.14. The van der Waals surface area contributed by atoms with E-state index in [0.717, 1.165) is 59.8 Å². The number of hydrogen-bond acceptors (Lipinski definition) is 5. The number of fused-ring (bicyclic) bond motifs is 1. The number of carbonyl (C=O) groups excluding carboxylic acids is 1. The summed E-state index contributed by atoms with van der Waals surface area (Å²) < 4.78 is 2.08. The normalized spacial score (nSPS) is 14.2. The van der Waals surface area contributed by atoms with Gasteiger partial charge in [0.1, 0.15) is 0 Å². The van der Waals surface area contributed by atoms with Gasteiger partial charge in [0.2, 0.25) is 0 Å². The summed E-state index contributed by atoms with van der Waals surface area (Å²) in [5, 5.41) is 15.8. The smallest absolute Gasteiger partial charge is 0.251 e. The molecule has 1 unspecified atom stereocenters. The minimum atomic E-state index is -0.0180. The van der Waals surface area contributed by atoms with E-state index in [-0.39, 0.29) is 12.5 Å². The first kappa shape index (κ1) is 25.0. The average molecular weight is 498 g/mol. The molecule has 7 heteroatoms.